The summed E-state index contributed by atoms with van der Waals surface area (Å²) in [6, 6.07) is 3.85. The zero-order chi connectivity index (χ0) is 18.2. The van der Waals surface area contributed by atoms with Crippen LogP contribution in [0.3, 0.4) is 0 Å². The van der Waals surface area contributed by atoms with Crippen LogP contribution in [0.1, 0.15) is 15.9 Å². The van der Waals surface area contributed by atoms with E-state index in [1.807, 2.05) is 0 Å². The third kappa shape index (κ3) is 3.17. The predicted octanol–water partition coefficient (Wildman–Crippen LogP) is 2.24. The minimum absolute atomic E-state index is 0.233. The van der Waals surface area contributed by atoms with Crippen LogP contribution in [0.5, 0.6) is 0 Å². The van der Waals surface area contributed by atoms with Crippen molar-refractivity contribution in [2.24, 2.45) is 11.8 Å². The second kappa shape index (κ2) is 6.10. The van der Waals surface area contributed by atoms with Gasteiger partial charge in [0.1, 0.15) is 5.56 Å². The minimum Gasteiger partial charge on any atom is -0.481 e. The van der Waals surface area contributed by atoms with Gasteiger partial charge >= 0.3 is 12.1 Å². The van der Waals surface area contributed by atoms with Gasteiger partial charge in [0.2, 0.25) is 0 Å². The first kappa shape index (κ1) is 17.7. The Morgan fingerprint density at radius 2 is 1.96 bits per heavy atom. The van der Waals surface area contributed by atoms with Crippen LogP contribution in [-0.4, -0.2) is 46.1 Å². The highest BCUT2D eigenvalue weighted by molar-refractivity contribution is 6.00. The van der Waals surface area contributed by atoms with E-state index < -0.39 is 53.6 Å². The molecule has 0 aromatic heterocycles. The van der Waals surface area contributed by atoms with Crippen molar-refractivity contribution in [1.29, 1.82) is 0 Å². The van der Waals surface area contributed by atoms with Gasteiger partial charge in [0.15, 0.2) is 0 Å². The Labute approximate surface area is 133 Å². The van der Waals surface area contributed by atoms with Crippen molar-refractivity contribution in [3.05, 3.63) is 39.4 Å². The highest BCUT2D eigenvalue weighted by Gasteiger charge is 2.54. The number of rotatable bonds is 3. The number of carboxylic acids is 1. The van der Waals surface area contributed by atoms with E-state index in [-0.39, 0.29) is 11.1 Å². The first-order valence-electron chi connectivity index (χ1n) is 6.86. The van der Waals surface area contributed by atoms with Crippen molar-refractivity contribution in [3.63, 3.8) is 0 Å². The number of aryl methyl sites for hydroxylation is 1. The Morgan fingerprint density at radius 1 is 1.33 bits per heavy atom. The molecule has 10 heteroatoms. The average molecular weight is 346 g/mol. The maximum atomic E-state index is 13.0. The van der Waals surface area contributed by atoms with E-state index >= 15 is 0 Å². The van der Waals surface area contributed by atoms with Crippen molar-refractivity contribution >= 4 is 17.6 Å². The first-order chi connectivity index (χ1) is 11.0. The second-order valence-corrected chi connectivity index (χ2v) is 5.53. The molecule has 1 fully saturated rings. The van der Waals surface area contributed by atoms with Crippen molar-refractivity contribution in [2.75, 3.05) is 13.1 Å². The lowest BCUT2D eigenvalue weighted by molar-refractivity contribution is -0.385. The van der Waals surface area contributed by atoms with E-state index in [9.17, 15) is 32.9 Å². The molecule has 1 aromatic carbocycles. The van der Waals surface area contributed by atoms with Crippen molar-refractivity contribution in [3.8, 4) is 0 Å². The molecule has 1 saturated heterocycles. The lowest BCUT2D eigenvalue weighted by Crippen LogP contribution is -2.34. The number of alkyl halides is 3. The number of hydrogen-bond donors (Lipinski definition) is 1. The van der Waals surface area contributed by atoms with Crippen molar-refractivity contribution in [1.82, 2.24) is 4.90 Å². The van der Waals surface area contributed by atoms with Gasteiger partial charge in [0.25, 0.3) is 11.6 Å². The first-order valence-corrected chi connectivity index (χ1v) is 6.86. The number of hydrogen-bond acceptors (Lipinski definition) is 4. The standard InChI is InChI=1S/C14H13F3N2O5/c1-7-3-2-4-10(19(23)24)11(7)12(20)18-5-8(13(21)22)9(6-18)14(15,16)17/h2-4,8-9H,5-6H2,1H3,(H,21,22)/t8-,9-/m1/s1. The summed E-state index contributed by atoms with van der Waals surface area (Å²) < 4.78 is 39.0. The summed E-state index contributed by atoms with van der Waals surface area (Å²) in [4.78, 5) is 34.5. The largest absolute Gasteiger partial charge is 0.481 e. The minimum atomic E-state index is -4.78. The normalized spacial score (nSPS) is 20.9. The van der Waals surface area contributed by atoms with Crippen LogP contribution in [0.25, 0.3) is 0 Å². The van der Waals surface area contributed by atoms with Gasteiger partial charge in [-0.25, -0.2) is 0 Å². The maximum Gasteiger partial charge on any atom is 0.394 e. The lowest BCUT2D eigenvalue weighted by Gasteiger charge is -2.19. The monoisotopic (exact) mass is 346 g/mol. The van der Waals surface area contributed by atoms with E-state index in [2.05, 4.69) is 0 Å². The van der Waals surface area contributed by atoms with Crippen molar-refractivity contribution in [2.45, 2.75) is 13.1 Å². The zero-order valence-corrected chi connectivity index (χ0v) is 12.4. The quantitative estimate of drug-likeness (QED) is 0.668. The molecule has 7 nitrogen and oxygen atoms in total. The summed E-state index contributed by atoms with van der Waals surface area (Å²) in [7, 11) is 0. The number of nitro benzene ring substituents is 1. The van der Waals surface area contributed by atoms with Gasteiger partial charge in [-0.2, -0.15) is 13.2 Å². The van der Waals surface area contributed by atoms with Crippen LogP contribution in [0, 0.1) is 28.9 Å². The molecule has 1 aliphatic heterocycles. The number of benzene rings is 1. The molecule has 24 heavy (non-hydrogen) atoms. The lowest BCUT2D eigenvalue weighted by atomic mass is 9.96. The molecule has 0 saturated carbocycles. The second-order valence-electron chi connectivity index (χ2n) is 5.53. The van der Waals surface area contributed by atoms with Gasteiger partial charge in [-0.15, -0.1) is 0 Å². The molecule has 1 heterocycles. The molecule has 0 radical (unpaired) electrons. The fourth-order valence-corrected chi connectivity index (χ4v) is 2.79. The fraction of sp³-hybridized carbons (Fsp3) is 0.429. The van der Waals surface area contributed by atoms with Gasteiger partial charge < -0.3 is 10.0 Å². The molecule has 0 aliphatic carbocycles. The highest BCUT2D eigenvalue weighted by Crippen LogP contribution is 2.38. The number of likely N-dealkylation sites (tertiary alicyclic amines) is 1. The molecule has 2 rings (SSSR count). The van der Waals surface area contributed by atoms with E-state index in [0.717, 1.165) is 6.07 Å². The topological polar surface area (TPSA) is 101 Å². The Hall–Kier alpha value is -2.65. The van der Waals surface area contributed by atoms with E-state index in [1.165, 1.54) is 19.1 Å². The molecule has 1 N–H and O–H groups in total. The Bertz CT molecular complexity index is 704. The number of carbonyl (C=O) groups is 2. The molecule has 0 bridgehead atoms. The Morgan fingerprint density at radius 3 is 2.42 bits per heavy atom. The van der Waals surface area contributed by atoms with Gasteiger partial charge in [-0.1, -0.05) is 12.1 Å². The molecule has 1 amide bonds. The molecule has 1 aliphatic rings. The predicted molar refractivity (Wildman–Crippen MR) is 74.4 cm³/mol. The molecule has 130 valence electrons. The van der Waals surface area contributed by atoms with Gasteiger partial charge in [0.05, 0.1) is 16.8 Å². The molecule has 2 atom stereocenters. The Balaban J connectivity index is 2.39. The van der Waals surface area contributed by atoms with Crippen LogP contribution in [0.2, 0.25) is 0 Å². The molecule has 1 aromatic rings. The fourth-order valence-electron chi connectivity index (χ4n) is 2.79. The van der Waals surface area contributed by atoms with Gasteiger partial charge in [0, 0.05) is 19.2 Å². The van der Waals surface area contributed by atoms with E-state index in [4.69, 9.17) is 5.11 Å². The number of nitrogens with zero attached hydrogens (tertiary/aromatic N) is 2. The van der Waals surface area contributed by atoms with Crippen LogP contribution in [0.4, 0.5) is 18.9 Å². The summed E-state index contributed by atoms with van der Waals surface area (Å²) in [5.74, 6) is -6.64. The molecular formula is C14H13F3N2O5. The Kier molecular flexibility index (Phi) is 4.50. The smallest absolute Gasteiger partial charge is 0.394 e. The number of aliphatic carboxylic acids is 1. The van der Waals surface area contributed by atoms with Gasteiger partial charge in [-0.3, -0.25) is 19.7 Å². The van der Waals surface area contributed by atoms with Crippen LogP contribution < -0.4 is 0 Å². The van der Waals surface area contributed by atoms with Crippen molar-refractivity contribution < 1.29 is 32.8 Å². The highest BCUT2D eigenvalue weighted by atomic mass is 19.4. The third-order valence-electron chi connectivity index (χ3n) is 4.01. The number of carboxylic acid groups (broad SMARTS) is 1. The average Bonchev–Trinajstić information content (AvgIpc) is 2.91. The number of amides is 1. The maximum absolute atomic E-state index is 13.0. The molecule has 0 spiro atoms. The van der Waals surface area contributed by atoms with E-state index in [1.54, 1.807) is 0 Å². The van der Waals surface area contributed by atoms with Gasteiger partial charge in [-0.05, 0) is 12.5 Å². The summed E-state index contributed by atoms with van der Waals surface area (Å²) in [6.45, 7) is -0.0686. The number of carbonyl (C=O) groups excluding carboxylic acids is 1. The SMILES string of the molecule is Cc1cccc([N+](=O)[O-])c1C(=O)N1C[C@@H](C(F)(F)F)[C@H](C(=O)O)C1. The summed E-state index contributed by atoms with van der Waals surface area (Å²) in [6.07, 6.45) is -4.78. The zero-order valence-electron chi connectivity index (χ0n) is 12.4. The van der Waals surface area contributed by atoms with Crippen LogP contribution >= 0.6 is 0 Å². The number of halogens is 3. The molecular weight excluding hydrogens is 333 g/mol. The van der Waals surface area contributed by atoms with E-state index in [0.29, 0.717) is 4.90 Å². The summed E-state index contributed by atoms with van der Waals surface area (Å²) >= 11 is 0. The summed E-state index contributed by atoms with van der Waals surface area (Å²) in [5, 5.41) is 20.0. The number of nitro groups is 1. The van der Waals surface area contributed by atoms with Crippen LogP contribution in [-0.2, 0) is 4.79 Å². The summed E-state index contributed by atoms with van der Waals surface area (Å²) in [5.41, 5.74) is -0.617. The third-order valence-corrected chi connectivity index (χ3v) is 4.01. The molecule has 0 unspecified atom stereocenters. The van der Waals surface area contributed by atoms with Crippen LogP contribution in [0.15, 0.2) is 18.2 Å².